The number of halogens is 2. The second kappa shape index (κ2) is 8.96. The smallest absolute Gasteiger partial charge is 0.248 e. The van der Waals surface area contributed by atoms with Gasteiger partial charge in [-0.05, 0) is 67.1 Å². The number of nitrogens with one attached hydrogen (secondary N) is 1. The van der Waals surface area contributed by atoms with E-state index in [4.69, 9.17) is 20.8 Å². The Morgan fingerprint density at radius 1 is 1.16 bits per heavy atom. The molecule has 0 atom stereocenters. The summed E-state index contributed by atoms with van der Waals surface area (Å²) in [5.41, 5.74) is 4.48. The number of anilines is 1. The Balaban J connectivity index is 1.57. The minimum absolute atomic E-state index is 0.288. The lowest BCUT2D eigenvalue weighted by molar-refractivity contribution is -0.111. The molecule has 0 aliphatic heterocycles. The van der Waals surface area contributed by atoms with Crippen LogP contribution in [0.3, 0.4) is 0 Å². The molecule has 1 N–H and O–H groups in total. The monoisotopic (exact) mass is 496 g/mol. The van der Waals surface area contributed by atoms with Crippen molar-refractivity contribution in [3.8, 4) is 17.2 Å². The minimum atomic E-state index is -0.288. The van der Waals surface area contributed by atoms with Gasteiger partial charge in [0.2, 0.25) is 11.8 Å². The Bertz CT molecular complexity index is 1310. The zero-order chi connectivity index (χ0) is 22.0. The summed E-state index contributed by atoms with van der Waals surface area (Å²) in [6.45, 7) is 1.99. The fourth-order valence-corrected chi connectivity index (χ4v) is 3.68. The standard InChI is InChI=1S/C24H18BrClN2O3/c1-14-3-8-20-22(11-14)31-24(28-20)18-13-17(6-7-19(18)26)27-23(29)10-4-15-12-16(25)5-9-21(15)30-2/h3-13H,1-2H3,(H,27,29)/b10-4+. The van der Waals surface area contributed by atoms with Crippen LogP contribution in [0.4, 0.5) is 5.69 Å². The van der Waals surface area contributed by atoms with Gasteiger partial charge in [-0.15, -0.1) is 0 Å². The van der Waals surface area contributed by atoms with Crippen LogP contribution >= 0.6 is 27.5 Å². The molecule has 7 heteroatoms. The molecule has 1 amide bonds. The molecule has 0 aliphatic carbocycles. The van der Waals surface area contributed by atoms with Crippen molar-refractivity contribution in [2.45, 2.75) is 6.92 Å². The molecule has 3 aromatic carbocycles. The molecule has 0 spiro atoms. The van der Waals surface area contributed by atoms with E-state index >= 15 is 0 Å². The molecule has 5 nitrogen and oxygen atoms in total. The summed E-state index contributed by atoms with van der Waals surface area (Å²) in [6, 6.07) is 16.5. The number of amides is 1. The number of nitrogens with zero attached hydrogens (tertiary/aromatic N) is 1. The van der Waals surface area contributed by atoms with E-state index in [0.29, 0.717) is 33.5 Å². The number of methoxy groups -OCH3 is 1. The highest BCUT2D eigenvalue weighted by Crippen LogP contribution is 2.32. The third-order valence-corrected chi connectivity index (χ3v) is 5.44. The first-order valence-electron chi connectivity index (χ1n) is 9.42. The van der Waals surface area contributed by atoms with Crippen molar-refractivity contribution in [1.29, 1.82) is 0 Å². The number of hydrogen-bond acceptors (Lipinski definition) is 4. The predicted octanol–water partition coefficient (Wildman–Crippen LogP) is 6.88. The summed E-state index contributed by atoms with van der Waals surface area (Å²) >= 11 is 9.79. The van der Waals surface area contributed by atoms with Crippen LogP contribution in [0.1, 0.15) is 11.1 Å². The second-order valence-electron chi connectivity index (χ2n) is 6.89. The molecule has 1 aromatic heterocycles. The molecule has 31 heavy (non-hydrogen) atoms. The highest BCUT2D eigenvalue weighted by molar-refractivity contribution is 9.10. The van der Waals surface area contributed by atoms with E-state index in [-0.39, 0.29) is 5.91 Å². The van der Waals surface area contributed by atoms with Crippen LogP contribution in [0.25, 0.3) is 28.6 Å². The highest BCUT2D eigenvalue weighted by Gasteiger charge is 2.13. The first-order chi connectivity index (χ1) is 14.9. The van der Waals surface area contributed by atoms with Gasteiger partial charge in [0.05, 0.1) is 17.7 Å². The highest BCUT2D eigenvalue weighted by atomic mass is 79.9. The molecule has 0 saturated carbocycles. The van der Waals surface area contributed by atoms with Gasteiger partial charge in [-0.2, -0.15) is 0 Å². The van der Waals surface area contributed by atoms with Gasteiger partial charge in [-0.25, -0.2) is 4.98 Å². The summed E-state index contributed by atoms with van der Waals surface area (Å²) in [6.07, 6.45) is 3.14. The van der Waals surface area contributed by atoms with Crippen LogP contribution in [-0.4, -0.2) is 18.0 Å². The number of hydrogen-bond donors (Lipinski definition) is 1. The molecular formula is C24H18BrClN2O3. The van der Waals surface area contributed by atoms with E-state index in [2.05, 4.69) is 26.2 Å². The summed E-state index contributed by atoms with van der Waals surface area (Å²) in [5.74, 6) is 0.784. The molecular weight excluding hydrogens is 480 g/mol. The van der Waals surface area contributed by atoms with Crippen LogP contribution in [0.5, 0.6) is 5.75 Å². The first-order valence-corrected chi connectivity index (χ1v) is 10.6. The van der Waals surface area contributed by atoms with E-state index in [9.17, 15) is 4.79 Å². The molecule has 0 aliphatic rings. The number of ether oxygens (including phenoxy) is 1. The fraction of sp³-hybridized carbons (Fsp3) is 0.0833. The lowest BCUT2D eigenvalue weighted by atomic mass is 10.1. The molecule has 1 heterocycles. The van der Waals surface area contributed by atoms with Crippen molar-refractivity contribution < 1.29 is 13.9 Å². The van der Waals surface area contributed by atoms with E-state index in [0.717, 1.165) is 21.1 Å². The number of aryl methyl sites for hydroxylation is 1. The fourth-order valence-electron chi connectivity index (χ4n) is 3.10. The quantitative estimate of drug-likeness (QED) is 0.305. The molecule has 4 aromatic rings. The van der Waals surface area contributed by atoms with Crippen molar-refractivity contribution in [3.05, 3.63) is 81.3 Å². The third kappa shape index (κ3) is 4.81. The van der Waals surface area contributed by atoms with Crippen LogP contribution in [0.2, 0.25) is 5.02 Å². The predicted molar refractivity (Wildman–Crippen MR) is 128 cm³/mol. The third-order valence-electron chi connectivity index (χ3n) is 4.61. The molecule has 0 unspecified atom stereocenters. The van der Waals surface area contributed by atoms with Crippen molar-refractivity contribution in [2.24, 2.45) is 0 Å². The van der Waals surface area contributed by atoms with Crippen molar-refractivity contribution in [1.82, 2.24) is 4.98 Å². The van der Waals surface area contributed by atoms with Gasteiger partial charge in [0.1, 0.15) is 11.3 Å². The van der Waals surface area contributed by atoms with Gasteiger partial charge in [-0.1, -0.05) is 33.6 Å². The second-order valence-corrected chi connectivity index (χ2v) is 8.22. The molecule has 156 valence electrons. The molecule has 0 fully saturated rings. The zero-order valence-electron chi connectivity index (χ0n) is 16.8. The lowest BCUT2D eigenvalue weighted by Crippen LogP contribution is -2.07. The Morgan fingerprint density at radius 2 is 2.00 bits per heavy atom. The van der Waals surface area contributed by atoms with Gasteiger partial charge in [0.15, 0.2) is 5.58 Å². The summed E-state index contributed by atoms with van der Waals surface area (Å²) < 4.78 is 12.1. The van der Waals surface area contributed by atoms with Crippen LogP contribution in [0.15, 0.2) is 69.6 Å². The number of carbonyl (C=O) groups is 1. The number of benzene rings is 3. The van der Waals surface area contributed by atoms with Crippen molar-refractivity contribution in [2.75, 3.05) is 12.4 Å². The van der Waals surface area contributed by atoms with E-state index in [1.165, 1.54) is 6.08 Å². The summed E-state index contributed by atoms with van der Waals surface area (Å²) in [5, 5.41) is 3.32. The maximum absolute atomic E-state index is 12.5. The number of aromatic nitrogens is 1. The molecule has 0 saturated heterocycles. The van der Waals surface area contributed by atoms with E-state index in [1.807, 2.05) is 43.3 Å². The number of rotatable bonds is 5. The molecule has 4 rings (SSSR count). The summed E-state index contributed by atoms with van der Waals surface area (Å²) in [7, 11) is 1.59. The lowest BCUT2D eigenvalue weighted by Gasteiger charge is -2.07. The topological polar surface area (TPSA) is 64.4 Å². The van der Waals surface area contributed by atoms with Gasteiger partial charge >= 0.3 is 0 Å². The Hall–Kier alpha value is -3.09. The Kier molecular flexibility index (Phi) is 6.11. The van der Waals surface area contributed by atoms with Crippen LogP contribution < -0.4 is 10.1 Å². The summed E-state index contributed by atoms with van der Waals surface area (Å²) in [4.78, 5) is 17.0. The van der Waals surface area contributed by atoms with Gasteiger partial charge in [-0.3, -0.25) is 4.79 Å². The Morgan fingerprint density at radius 3 is 2.81 bits per heavy atom. The first kappa shape index (κ1) is 21.2. The van der Waals surface area contributed by atoms with Gasteiger partial charge < -0.3 is 14.5 Å². The van der Waals surface area contributed by atoms with Gasteiger partial charge in [0.25, 0.3) is 0 Å². The number of fused-ring (bicyclic) bond motifs is 1. The van der Waals surface area contributed by atoms with Crippen molar-refractivity contribution >= 4 is 56.3 Å². The SMILES string of the molecule is COc1ccc(Br)cc1/C=C/C(=O)Nc1ccc(Cl)c(-c2nc3ccc(C)cc3o2)c1. The number of oxazole rings is 1. The maximum atomic E-state index is 12.5. The number of carbonyl (C=O) groups excluding carboxylic acids is 1. The average Bonchev–Trinajstić information content (AvgIpc) is 3.16. The van der Waals surface area contributed by atoms with Crippen molar-refractivity contribution in [3.63, 3.8) is 0 Å². The zero-order valence-corrected chi connectivity index (χ0v) is 19.1. The average molecular weight is 498 g/mol. The normalized spacial score (nSPS) is 11.2. The maximum Gasteiger partial charge on any atom is 0.248 e. The largest absolute Gasteiger partial charge is 0.496 e. The van der Waals surface area contributed by atoms with E-state index in [1.54, 1.807) is 31.4 Å². The van der Waals surface area contributed by atoms with E-state index < -0.39 is 0 Å². The minimum Gasteiger partial charge on any atom is -0.496 e. The Labute approximate surface area is 192 Å². The van der Waals surface area contributed by atoms with Gasteiger partial charge in [0, 0.05) is 21.8 Å². The van der Waals surface area contributed by atoms with Crippen LogP contribution in [0, 0.1) is 6.92 Å². The van der Waals surface area contributed by atoms with Crippen LogP contribution in [-0.2, 0) is 4.79 Å². The molecule has 0 radical (unpaired) electrons. The molecule has 0 bridgehead atoms.